The Morgan fingerprint density at radius 3 is 2.93 bits per heavy atom. The van der Waals surface area contributed by atoms with Crippen molar-refractivity contribution in [2.24, 2.45) is 5.73 Å². The fourth-order valence-electron chi connectivity index (χ4n) is 1.42. The van der Waals surface area contributed by atoms with Crippen LogP contribution in [0.15, 0.2) is 0 Å². The van der Waals surface area contributed by atoms with Crippen LogP contribution in [0.4, 0.5) is 0 Å². The Bertz CT molecular complexity index is 280. The zero-order valence-corrected chi connectivity index (χ0v) is 8.67. The van der Waals surface area contributed by atoms with E-state index >= 15 is 0 Å². The number of hydrogen-bond donors (Lipinski definition) is 1. The van der Waals surface area contributed by atoms with Crippen LogP contribution in [-0.2, 0) is 14.3 Å². The third kappa shape index (κ3) is 2.01. The van der Waals surface area contributed by atoms with Gasteiger partial charge >= 0.3 is 5.97 Å². The molecular weight excluding hydrogens is 204 g/mol. The summed E-state index contributed by atoms with van der Waals surface area (Å²) in [5.74, 6) is -0.651. The molecule has 1 aliphatic heterocycles. The molecule has 0 spiro atoms. The number of nitrogens with zero attached hydrogens (tertiary/aromatic N) is 1. The van der Waals surface area contributed by atoms with Crippen molar-refractivity contribution in [1.29, 1.82) is 0 Å². The van der Waals surface area contributed by atoms with E-state index in [1.165, 1.54) is 0 Å². The summed E-state index contributed by atoms with van der Waals surface area (Å²) in [5, 5.41) is -0.0643. The molecule has 1 rings (SSSR count). The summed E-state index contributed by atoms with van der Waals surface area (Å²) in [7, 11) is 0. The molecule has 0 bridgehead atoms. The van der Waals surface area contributed by atoms with Gasteiger partial charge in [-0.25, -0.2) is 4.79 Å². The van der Waals surface area contributed by atoms with Crippen molar-refractivity contribution < 1.29 is 14.3 Å². The van der Waals surface area contributed by atoms with Gasteiger partial charge < -0.3 is 10.5 Å². The SMILES string of the molecule is CCOC(=O)C1CCC(=O)N1C(N)=S. The first-order valence-corrected chi connectivity index (χ1v) is 4.77. The van der Waals surface area contributed by atoms with E-state index in [0.29, 0.717) is 12.8 Å². The number of nitrogens with two attached hydrogens (primary N) is 1. The largest absolute Gasteiger partial charge is 0.464 e. The number of likely N-dealkylation sites (tertiary alicyclic amines) is 1. The Kier molecular flexibility index (Phi) is 3.40. The molecule has 0 aromatic heterocycles. The Morgan fingerprint density at radius 2 is 2.43 bits per heavy atom. The van der Waals surface area contributed by atoms with Gasteiger partial charge in [0.25, 0.3) is 0 Å². The van der Waals surface area contributed by atoms with Crippen LogP contribution < -0.4 is 5.73 Å². The Morgan fingerprint density at radius 1 is 1.79 bits per heavy atom. The molecule has 6 heteroatoms. The van der Waals surface area contributed by atoms with Crippen LogP contribution in [0.2, 0.25) is 0 Å². The predicted molar refractivity (Wildman–Crippen MR) is 53.3 cm³/mol. The van der Waals surface area contributed by atoms with Gasteiger partial charge in [0.05, 0.1) is 6.61 Å². The van der Waals surface area contributed by atoms with Crippen molar-refractivity contribution in [3.05, 3.63) is 0 Å². The van der Waals surface area contributed by atoms with Gasteiger partial charge in [-0.3, -0.25) is 9.69 Å². The average molecular weight is 216 g/mol. The minimum Gasteiger partial charge on any atom is -0.464 e. The number of amides is 1. The molecule has 5 nitrogen and oxygen atoms in total. The van der Waals surface area contributed by atoms with E-state index in [2.05, 4.69) is 12.2 Å². The maximum Gasteiger partial charge on any atom is 0.329 e. The summed E-state index contributed by atoms with van der Waals surface area (Å²) < 4.78 is 4.81. The number of ether oxygens (including phenoxy) is 1. The minimum atomic E-state index is -0.625. The first-order valence-electron chi connectivity index (χ1n) is 4.36. The molecule has 0 aromatic rings. The fraction of sp³-hybridized carbons (Fsp3) is 0.625. The summed E-state index contributed by atoms with van der Waals surface area (Å²) in [6, 6.07) is -0.625. The smallest absolute Gasteiger partial charge is 0.329 e. The van der Waals surface area contributed by atoms with E-state index in [9.17, 15) is 9.59 Å². The van der Waals surface area contributed by atoms with E-state index in [0.717, 1.165) is 4.90 Å². The highest BCUT2D eigenvalue weighted by Gasteiger charge is 2.38. The second-order valence-corrected chi connectivity index (χ2v) is 3.33. The van der Waals surface area contributed by atoms with E-state index in [1.807, 2.05) is 0 Å². The number of carbonyl (C=O) groups is 2. The van der Waals surface area contributed by atoms with Crippen molar-refractivity contribution >= 4 is 29.2 Å². The van der Waals surface area contributed by atoms with E-state index in [-0.39, 0.29) is 17.6 Å². The van der Waals surface area contributed by atoms with Crippen LogP contribution in [-0.4, -0.2) is 34.5 Å². The molecule has 78 valence electrons. The minimum absolute atomic E-state index is 0.0643. The lowest BCUT2D eigenvalue weighted by Crippen LogP contribution is -2.46. The van der Waals surface area contributed by atoms with Gasteiger partial charge in [0.2, 0.25) is 5.91 Å². The topological polar surface area (TPSA) is 72.6 Å². The molecule has 0 radical (unpaired) electrons. The van der Waals surface area contributed by atoms with Crippen LogP contribution in [0.3, 0.4) is 0 Å². The van der Waals surface area contributed by atoms with Gasteiger partial charge in [0, 0.05) is 6.42 Å². The normalized spacial score (nSPS) is 21.1. The van der Waals surface area contributed by atoms with Crippen molar-refractivity contribution in [3.8, 4) is 0 Å². The van der Waals surface area contributed by atoms with Gasteiger partial charge in [-0.1, -0.05) is 0 Å². The molecular formula is C8H12N2O3S. The number of thiocarbonyl (C=S) groups is 1. The molecule has 1 atom stereocenters. The molecule has 2 N–H and O–H groups in total. The molecule has 0 aliphatic carbocycles. The molecule has 1 unspecified atom stereocenters. The zero-order chi connectivity index (χ0) is 10.7. The van der Waals surface area contributed by atoms with Crippen molar-refractivity contribution in [2.75, 3.05) is 6.61 Å². The van der Waals surface area contributed by atoms with Gasteiger partial charge in [-0.15, -0.1) is 0 Å². The number of rotatable bonds is 2. The second-order valence-electron chi connectivity index (χ2n) is 2.91. The summed E-state index contributed by atoms with van der Waals surface area (Å²) >= 11 is 4.69. The zero-order valence-electron chi connectivity index (χ0n) is 7.86. The lowest BCUT2D eigenvalue weighted by atomic mass is 10.2. The van der Waals surface area contributed by atoms with Crippen LogP contribution >= 0.6 is 12.2 Å². The summed E-state index contributed by atoms with van der Waals surface area (Å²) in [6.07, 6.45) is 0.718. The molecule has 14 heavy (non-hydrogen) atoms. The standard InChI is InChI=1S/C8H12N2O3S/c1-2-13-7(12)5-3-4-6(11)10(5)8(9)14/h5H,2-4H2,1H3,(H2,9,14). The maximum atomic E-state index is 11.4. The average Bonchev–Trinajstić information content (AvgIpc) is 2.47. The lowest BCUT2D eigenvalue weighted by Gasteiger charge is -2.20. The predicted octanol–water partition coefficient (Wildman–Crippen LogP) is -0.216. The number of carbonyl (C=O) groups excluding carboxylic acids is 2. The third-order valence-electron chi connectivity index (χ3n) is 2.01. The van der Waals surface area contributed by atoms with Gasteiger partial charge in [0.1, 0.15) is 6.04 Å². The molecule has 1 saturated heterocycles. The highest BCUT2D eigenvalue weighted by Crippen LogP contribution is 2.19. The van der Waals surface area contributed by atoms with Crippen molar-refractivity contribution in [2.45, 2.75) is 25.8 Å². The van der Waals surface area contributed by atoms with E-state index < -0.39 is 12.0 Å². The van der Waals surface area contributed by atoms with Crippen molar-refractivity contribution in [1.82, 2.24) is 4.90 Å². The summed E-state index contributed by atoms with van der Waals surface area (Å²) in [6.45, 7) is 1.99. The van der Waals surface area contributed by atoms with Gasteiger partial charge in [0.15, 0.2) is 5.11 Å². The van der Waals surface area contributed by atoms with Crippen LogP contribution in [0.5, 0.6) is 0 Å². The number of hydrogen-bond acceptors (Lipinski definition) is 4. The highest BCUT2D eigenvalue weighted by molar-refractivity contribution is 7.80. The third-order valence-corrected chi connectivity index (χ3v) is 2.20. The number of esters is 1. The monoisotopic (exact) mass is 216 g/mol. The maximum absolute atomic E-state index is 11.4. The van der Waals surface area contributed by atoms with E-state index in [1.54, 1.807) is 6.92 Å². The van der Waals surface area contributed by atoms with Crippen LogP contribution in [0.1, 0.15) is 19.8 Å². The van der Waals surface area contributed by atoms with E-state index in [4.69, 9.17) is 10.5 Å². The Labute approximate surface area is 87.2 Å². The quantitative estimate of drug-likeness (QED) is 0.510. The Balaban J connectivity index is 2.74. The molecule has 1 aliphatic rings. The van der Waals surface area contributed by atoms with Crippen LogP contribution in [0.25, 0.3) is 0 Å². The van der Waals surface area contributed by atoms with Gasteiger partial charge in [-0.2, -0.15) is 0 Å². The first kappa shape index (κ1) is 10.9. The van der Waals surface area contributed by atoms with Gasteiger partial charge in [-0.05, 0) is 25.6 Å². The lowest BCUT2D eigenvalue weighted by molar-refractivity contribution is -0.149. The molecule has 0 aromatic carbocycles. The fourth-order valence-corrected chi connectivity index (χ4v) is 1.65. The Hall–Kier alpha value is -1.17. The van der Waals surface area contributed by atoms with Crippen LogP contribution in [0, 0.1) is 0 Å². The molecule has 1 amide bonds. The molecule has 0 saturated carbocycles. The highest BCUT2D eigenvalue weighted by atomic mass is 32.1. The molecule has 1 heterocycles. The summed E-state index contributed by atoms with van der Waals surface area (Å²) in [5.41, 5.74) is 5.34. The first-order chi connectivity index (χ1) is 6.57. The molecule has 1 fully saturated rings. The second kappa shape index (κ2) is 4.36. The van der Waals surface area contributed by atoms with Crippen molar-refractivity contribution in [3.63, 3.8) is 0 Å². The summed E-state index contributed by atoms with van der Waals surface area (Å²) in [4.78, 5) is 23.8.